The highest BCUT2D eigenvalue weighted by molar-refractivity contribution is 6.30. The summed E-state index contributed by atoms with van der Waals surface area (Å²) in [5.41, 5.74) is 0.946. The van der Waals surface area contributed by atoms with E-state index in [0.717, 1.165) is 24.2 Å². The molecule has 3 nitrogen and oxygen atoms in total. The largest absolute Gasteiger partial charge is 0.481 e. The molecule has 1 fully saturated rings. The Morgan fingerprint density at radius 1 is 1.33 bits per heavy atom. The van der Waals surface area contributed by atoms with Crippen LogP contribution in [0.3, 0.4) is 0 Å². The lowest BCUT2D eigenvalue weighted by atomic mass is 9.97. The van der Waals surface area contributed by atoms with Crippen molar-refractivity contribution in [2.45, 2.75) is 65.1 Å². The van der Waals surface area contributed by atoms with Crippen molar-refractivity contribution in [2.24, 2.45) is 0 Å². The van der Waals surface area contributed by atoms with Crippen molar-refractivity contribution in [3.8, 4) is 5.75 Å². The maximum Gasteiger partial charge on any atom is 0.263 e. The first-order valence-electron chi connectivity index (χ1n) is 7.65. The molecular weight excluding hydrogens is 286 g/mol. The van der Waals surface area contributed by atoms with E-state index in [-0.39, 0.29) is 5.91 Å². The van der Waals surface area contributed by atoms with Gasteiger partial charge in [-0.1, -0.05) is 11.6 Å². The molecule has 1 amide bonds. The van der Waals surface area contributed by atoms with Crippen molar-refractivity contribution in [1.82, 2.24) is 4.90 Å². The average Bonchev–Trinajstić information content (AvgIpc) is 2.41. The van der Waals surface area contributed by atoms with Gasteiger partial charge in [-0.15, -0.1) is 0 Å². The van der Waals surface area contributed by atoms with Crippen LogP contribution in [0, 0.1) is 6.92 Å². The van der Waals surface area contributed by atoms with Gasteiger partial charge in [-0.25, -0.2) is 0 Å². The first-order valence-corrected chi connectivity index (χ1v) is 8.03. The summed E-state index contributed by atoms with van der Waals surface area (Å²) in [4.78, 5) is 14.7. The van der Waals surface area contributed by atoms with E-state index in [1.54, 1.807) is 6.07 Å². The van der Waals surface area contributed by atoms with E-state index in [4.69, 9.17) is 16.3 Å². The predicted octanol–water partition coefficient (Wildman–Crippen LogP) is 4.21. The number of piperidine rings is 1. The van der Waals surface area contributed by atoms with Crippen molar-refractivity contribution in [2.75, 3.05) is 0 Å². The van der Waals surface area contributed by atoms with Crippen LogP contribution in [0.4, 0.5) is 0 Å². The van der Waals surface area contributed by atoms with Gasteiger partial charge in [-0.3, -0.25) is 4.79 Å². The first kappa shape index (κ1) is 16.2. The van der Waals surface area contributed by atoms with Crippen LogP contribution < -0.4 is 4.74 Å². The Balaban J connectivity index is 2.08. The molecule has 0 unspecified atom stereocenters. The van der Waals surface area contributed by atoms with E-state index in [1.165, 1.54) is 6.42 Å². The lowest BCUT2D eigenvalue weighted by Gasteiger charge is -2.40. The summed E-state index contributed by atoms with van der Waals surface area (Å²) in [5.74, 6) is 0.793. The van der Waals surface area contributed by atoms with Crippen LogP contribution in [-0.4, -0.2) is 29.0 Å². The Bertz CT molecular complexity index is 508. The molecular formula is C17H24ClNO2. The monoisotopic (exact) mass is 309 g/mol. The number of hydrogen-bond donors (Lipinski definition) is 0. The fraction of sp³-hybridized carbons (Fsp3) is 0.588. The minimum Gasteiger partial charge on any atom is -0.481 e. The van der Waals surface area contributed by atoms with E-state index in [0.29, 0.717) is 17.1 Å². The topological polar surface area (TPSA) is 29.5 Å². The lowest BCUT2D eigenvalue weighted by Crippen LogP contribution is -2.51. The summed E-state index contributed by atoms with van der Waals surface area (Å²) in [6.07, 6.45) is 2.86. The van der Waals surface area contributed by atoms with Crippen LogP contribution in [0.25, 0.3) is 0 Å². The lowest BCUT2D eigenvalue weighted by molar-refractivity contribution is -0.144. The van der Waals surface area contributed by atoms with Crippen LogP contribution in [0.5, 0.6) is 5.75 Å². The van der Waals surface area contributed by atoms with Gasteiger partial charge in [0, 0.05) is 17.1 Å². The summed E-state index contributed by atoms with van der Waals surface area (Å²) in [6.45, 7) is 8.00. The molecule has 4 heteroatoms. The molecule has 0 bridgehead atoms. The normalized spacial score (nSPS) is 23.8. The summed E-state index contributed by atoms with van der Waals surface area (Å²) in [6, 6.07) is 6.04. The van der Waals surface area contributed by atoms with Gasteiger partial charge in [-0.2, -0.15) is 0 Å². The Morgan fingerprint density at radius 2 is 1.95 bits per heavy atom. The summed E-state index contributed by atoms with van der Waals surface area (Å²) < 4.78 is 5.86. The average molecular weight is 310 g/mol. The van der Waals surface area contributed by atoms with Gasteiger partial charge in [-0.05, 0) is 70.7 Å². The first-order chi connectivity index (χ1) is 9.90. The molecule has 1 saturated heterocycles. The van der Waals surface area contributed by atoms with Gasteiger partial charge in [0.25, 0.3) is 5.91 Å². The molecule has 0 N–H and O–H groups in total. The maximum atomic E-state index is 12.7. The molecule has 3 atom stereocenters. The number of aryl methyl sites for hydroxylation is 1. The third-order valence-electron chi connectivity index (χ3n) is 4.24. The number of hydrogen-bond acceptors (Lipinski definition) is 2. The highest BCUT2D eigenvalue weighted by atomic mass is 35.5. The second kappa shape index (κ2) is 6.69. The molecule has 1 aromatic rings. The van der Waals surface area contributed by atoms with Crippen molar-refractivity contribution >= 4 is 17.5 Å². The van der Waals surface area contributed by atoms with Gasteiger partial charge in [0.15, 0.2) is 6.10 Å². The number of carbonyl (C=O) groups excluding carboxylic acids is 1. The molecule has 116 valence electrons. The zero-order valence-corrected chi connectivity index (χ0v) is 14.0. The summed E-state index contributed by atoms with van der Waals surface area (Å²) >= 11 is 5.95. The number of rotatable bonds is 3. The molecule has 0 aromatic heterocycles. The summed E-state index contributed by atoms with van der Waals surface area (Å²) in [5, 5.41) is 0.678. The zero-order chi connectivity index (χ0) is 15.6. The van der Waals surface area contributed by atoms with Crippen molar-refractivity contribution in [1.29, 1.82) is 0 Å². The number of ether oxygens (including phenoxy) is 1. The number of halogens is 1. The van der Waals surface area contributed by atoms with E-state index < -0.39 is 6.10 Å². The molecule has 1 aliphatic rings. The van der Waals surface area contributed by atoms with Gasteiger partial charge in [0.05, 0.1) is 0 Å². The smallest absolute Gasteiger partial charge is 0.263 e. The predicted molar refractivity (Wildman–Crippen MR) is 85.9 cm³/mol. The highest BCUT2D eigenvalue weighted by Crippen LogP contribution is 2.26. The van der Waals surface area contributed by atoms with Crippen LogP contribution >= 0.6 is 11.6 Å². The zero-order valence-electron chi connectivity index (χ0n) is 13.2. The Morgan fingerprint density at radius 3 is 2.52 bits per heavy atom. The highest BCUT2D eigenvalue weighted by Gasteiger charge is 2.32. The van der Waals surface area contributed by atoms with Gasteiger partial charge >= 0.3 is 0 Å². The standard InChI is InChI=1S/C17H24ClNO2/c1-11-10-15(18)8-9-16(11)21-14(4)17(20)19-12(2)6-5-7-13(19)3/h8-10,12-14H,5-7H2,1-4H3/t12-,13+,14-/m1/s1. The number of nitrogens with zero attached hydrogens (tertiary/aromatic N) is 1. The fourth-order valence-corrected chi connectivity index (χ4v) is 3.28. The van der Waals surface area contributed by atoms with Crippen LogP contribution in [0.2, 0.25) is 5.02 Å². The van der Waals surface area contributed by atoms with Crippen LogP contribution in [0.1, 0.15) is 45.6 Å². The molecule has 0 aliphatic carbocycles. The van der Waals surface area contributed by atoms with E-state index in [2.05, 4.69) is 13.8 Å². The molecule has 0 saturated carbocycles. The van der Waals surface area contributed by atoms with Gasteiger partial charge in [0.1, 0.15) is 5.75 Å². The second-order valence-electron chi connectivity index (χ2n) is 6.04. The minimum absolute atomic E-state index is 0.0732. The van der Waals surface area contributed by atoms with Crippen molar-refractivity contribution < 1.29 is 9.53 Å². The van der Waals surface area contributed by atoms with E-state index in [9.17, 15) is 4.79 Å². The second-order valence-corrected chi connectivity index (χ2v) is 6.48. The third-order valence-corrected chi connectivity index (χ3v) is 4.47. The number of amides is 1. The molecule has 0 radical (unpaired) electrons. The Labute approximate surface area is 132 Å². The Hall–Kier alpha value is -1.22. The van der Waals surface area contributed by atoms with E-state index >= 15 is 0 Å². The van der Waals surface area contributed by atoms with Crippen LogP contribution in [0.15, 0.2) is 18.2 Å². The fourth-order valence-electron chi connectivity index (χ4n) is 3.05. The molecule has 0 spiro atoms. The maximum absolute atomic E-state index is 12.7. The van der Waals surface area contributed by atoms with E-state index in [1.807, 2.05) is 30.9 Å². The minimum atomic E-state index is -0.479. The summed E-state index contributed by atoms with van der Waals surface area (Å²) in [7, 11) is 0. The third kappa shape index (κ3) is 3.70. The molecule has 1 aromatic carbocycles. The van der Waals surface area contributed by atoms with Gasteiger partial charge in [0.2, 0.25) is 0 Å². The molecule has 21 heavy (non-hydrogen) atoms. The van der Waals surface area contributed by atoms with Crippen LogP contribution in [-0.2, 0) is 4.79 Å². The van der Waals surface area contributed by atoms with Crippen molar-refractivity contribution in [3.63, 3.8) is 0 Å². The van der Waals surface area contributed by atoms with Gasteiger partial charge < -0.3 is 9.64 Å². The molecule has 1 heterocycles. The quantitative estimate of drug-likeness (QED) is 0.837. The number of carbonyl (C=O) groups is 1. The Kier molecular flexibility index (Phi) is 5.15. The molecule has 2 rings (SSSR count). The molecule has 1 aliphatic heterocycles. The number of likely N-dealkylation sites (tertiary alicyclic amines) is 1. The number of benzene rings is 1. The van der Waals surface area contributed by atoms with Crippen molar-refractivity contribution in [3.05, 3.63) is 28.8 Å². The SMILES string of the molecule is Cc1cc(Cl)ccc1O[C@H](C)C(=O)N1[C@H](C)CCC[C@@H]1C.